The van der Waals surface area contributed by atoms with Crippen LogP contribution in [0.3, 0.4) is 0 Å². The van der Waals surface area contributed by atoms with Crippen molar-refractivity contribution >= 4 is 0 Å². The predicted octanol–water partition coefficient (Wildman–Crippen LogP) is 4.06. The number of ether oxygens (including phenoxy) is 4. The van der Waals surface area contributed by atoms with E-state index in [1.807, 2.05) is 0 Å². The third kappa shape index (κ3) is 5.69. The van der Waals surface area contributed by atoms with Crippen LogP contribution in [0, 0.1) is 16.7 Å². The number of rotatable bonds is 11. The third-order valence-corrected chi connectivity index (χ3v) is 6.29. The smallest absolute Gasteiger partial charge is 0.104 e. The Morgan fingerprint density at radius 1 is 0.958 bits per heavy atom. The molecule has 4 heteroatoms. The van der Waals surface area contributed by atoms with Gasteiger partial charge in [0.05, 0.1) is 38.6 Å². The zero-order valence-electron chi connectivity index (χ0n) is 16.8. The van der Waals surface area contributed by atoms with Crippen molar-refractivity contribution in [3.05, 3.63) is 0 Å². The summed E-state index contributed by atoms with van der Waals surface area (Å²) in [5, 5.41) is 0. The lowest BCUT2D eigenvalue weighted by molar-refractivity contribution is -0.127. The zero-order valence-corrected chi connectivity index (χ0v) is 16.8. The van der Waals surface area contributed by atoms with Crippen LogP contribution in [0.4, 0.5) is 0 Å². The van der Waals surface area contributed by atoms with E-state index in [4.69, 9.17) is 18.9 Å². The molecule has 142 valence electrons. The molecule has 0 bridgehead atoms. The molecule has 2 aliphatic rings. The van der Waals surface area contributed by atoms with Crippen LogP contribution >= 0.6 is 0 Å². The van der Waals surface area contributed by atoms with Crippen LogP contribution < -0.4 is 0 Å². The van der Waals surface area contributed by atoms with Gasteiger partial charge in [0.25, 0.3) is 0 Å². The average Bonchev–Trinajstić information content (AvgIpc) is 3.40. The summed E-state index contributed by atoms with van der Waals surface area (Å²) in [6.07, 6.45) is 3.01. The van der Waals surface area contributed by atoms with Gasteiger partial charge in [0.15, 0.2) is 0 Å². The molecule has 6 atom stereocenters. The Hall–Kier alpha value is -0.160. The fraction of sp³-hybridized carbons (Fsp3) is 1.00. The molecule has 0 N–H and O–H groups in total. The van der Waals surface area contributed by atoms with Crippen molar-refractivity contribution in [2.24, 2.45) is 16.7 Å². The van der Waals surface area contributed by atoms with Gasteiger partial charge in [-0.25, -0.2) is 0 Å². The summed E-state index contributed by atoms with van der Waals surface area (Å²) in [5.74, 6) is 0.576. The van der Waals surface area contributed by atoms with Crippen molar-refractivity contribution in [2.75, 3.05) is 26.4 Å². The highest BCUT2D eigenvalue weighted by Crippen LogP contribution is 2.41. The second-order valence-corrected chi connectivity index (χ2v) is 9.07. The molecule has 2 rings (SSSR count). The van der Waals surface area contributed by atoms with E-state index in [-0.39, 0.29) is 23.0 Å². The van der Waals surface area contributed by atoms with Crippen molar-refractivity contribution < 1.29 is 18.9 Å². The fourth-order valence-corrected chi connectivity index (χ4v) is 2.97. The van der Waals surface area contributed by atoms with Crippen LogP contribution in [0.2, 0.25) is 0 Å². The van der Waals surface area contributed by atoms with Crippen LogP contribution in [0.15, 0.2) is 0 Å². The molecule has 0 radical (unpaired) electrons. The van der Waals surface area contributed by atoms with E-state index in [0.29, 0.717) is 31.3 Å². The molecule has 4 nitrogen and oxygen atoms in total. The summed E-state index contributed by atoms with van der Waals surface area (Å²) < 4.78 is 23.2. The van der Waals surface area contributed by atoms with Gasteiger partial charge in [-0.15, -0.1) is 0 Å². The summed E-state index contributed by atoms with van der Waals surface area (Å²) in [5.41, 5.74) is 0.265. The van der Waals surface area contributed by atoms with Gasteiger partial charge in [-0.05, 0) is 31.1 Å². The van der Waals surface area contributed by atoms with Gasteiger partial charge >= 0.3 is 0 Å². The van der Waals surface area contributed by atoms with Crippen LogP contribution in [0.5, 0.6) is 0 Å². The quantitative estimate of drug-likeness (QED) is 0.531. The molecule has 0 aliphatic carbocycles. The molecule has 6 unspecified atom stereocenters. The van der Waals surface area contributed by atoms with E-state index in [2.05, 4.69) is 48.5 Å². The van der Waals surface area contributed by atoms with E-state index < -0.39 is 0 Å². The molecule has 0 aromatic heterocycles. The average molecular weight is 343 g/mol. The lowest BCUT2D eigenvalue weighted by Gasteiger charge is -2.44. The maximum atomic E-state index is 6.40. The van der Waals surface area contributed by atoms with Gasteiger partial charge < -0.3 is 18.9 Å². The molecular formula is C20H38O4. The van der Waals surface area contributed by atoms with Crippen molar-refractivity contribution in [1.29, 1.82) is 0 Å². The second kappa shape index (κ2) is 8.03. The molecular weight excluding hydrogens is 304 g/mol. The molecule has 0 amide bonds. The molecule has 0 aromatic rings. The molecule has 24 heavy (non-hydrogen) atoms. The first-order chi connectivity index (χ1) is 11.2. The maximum Gasteiger partial charge on any atom is 0.104 e. The summed E-state index contributed by atoms with van der Waals surface area (Å²) in [4.78, 5) is 0. The Labute approximate surface area is 148 Å². The van der Waals surface area contributed by atoms with E-state index in [1.165, 1.54) is 0 Å². The fourth-order valence-electron chi connectivity index (χ4n) is 2.97. The predicted molar refractivity (Wildman–Crippen MR) is 96.3 cm³/mol. The Balaban J connectivity index is 2.03. The van der Waals surface area contributed by atoms with Gasteiger partial charge in [-0.1, -0.05) is 41.5 Å². The highest BCUT2D eigenvalue weighted by Gasteiger charge is 2.42. The molecule has 2 aliphatic heterocycles. The summed E-state index contributed by atoms with van der Waals surface area (Å²) >= 11 is 0. The van der Waals surface area contributed by atoms with Crippen LogP contribution in [-0.4, -0.2) is 50.8 Å². The van der Waals surface area contributed by atoms with Crippen molar-refractivity contribution in [2.45, 2.75) is 85.7 Å². The Morgan fingerprint density at radius 3 is 1.88 bits per heavy atom. The van der Waals surface area contributed by atoms with Crippen molar-refractivity contribution in [1.82, 2.24) is 0 Å². The first-order valence-electron chi connectivity index (χ1n) is 9.63. The maximum absolute atomic E-state index is 6.40. The van der Waals surface area contributed by atoms with Gasteiger partial charge in [0.2, 0.25) is 0 Å². The minimum Gasteiger partial charge on any atom is -0.375 e. The second-order valence-electron chi connectivity index (χ2n) is 9.07. The highest BCUT2D eigenvalue weighted by molar-refractivity contribution is 4.91. The summed E-state index contributed by atoms with van der Waals surface area (Å²) in [6.45, 7) is 19.1. The molecule has 2 heterocycles. The monoisotopic (exact) mass is 342 g/mol. The number of hydrogen-bond acceptors (Lipinski definition) is 4. The highest BCUT2D eigenvalue weighted by atomic mass is 16.6. The third-order valence-electron chi connectivity index (χ3n) is 6.29. The Bertz CT molecular complexity index is 384. The molecule has 0 aromatic carbocycles. The van der Waals surface area contributed by atoms with E-state index in [0.717, 1.165) is 26.1 Å². The van der Waals surface area contributed by atoms with Gasteiger partial charge in [0, 0.05) is 5.41 Å². The van der Waals surface area contributed by atoms with Crippen LogP contribution in [0.25, 0.3) is 0 Å². The molecule has 0 saturated carbocycles. The zero-order chi connectivity index (χ0) is 18.0. The van der Waals surface area contributed by atoms with Gasteiger partial charge in [-0.3, -0.25) is 0 Å². The number of hydrogen-bond donors (Lipinski definition) is 0. The van der Waals surface area contributed by atoms with E-state index >= 15 is 0 Å². The van der Waals surface area contributed by atoms with Crippen molar-refractivity contribution in [3.63, 3.8) is 0 Å². The summed E-state index contributed by atoms with van der Waals surface area (Å²) in [7, 11) is 0. The van der Waals surface area contributed by atoms with Gasteiger partial charge in [-0.2, -0.15) is 0 Å². The molecule has 2 fully saturated rings. The van der Waals surface area contributed by atoms with E-state index in [9.17, 15) is 0 Å². The lowest BCUT2D eigenvalue weighted by Crippen LogP contribution is -2.46. The van der Waals surface area contributed by atoms with Crippen molar-refractivity contribution in [3.8, 4) is 0 Å². The minimum atomic E-state index is -0.0106. The van der Waals surface area contributed by atoms with E-state index in [1.54, 1.807) is 0 Å². The first-order valence-corrected chi connectivity index (χ1v) is 9.63. The summed E-state index contributed by atoms with van der Waals surface area (Å²) in [6, 6.07) is 0. The van der Waals surface area contributed by atoms with Crippen LogP contribution in [0.1, 0.15) is 61.3 Å². The van der Waals surface area contributed by atoms with Gasteiger partial charge in [0.1, 0.15) is 12.2 Å². The normalized spacial score (nSPS) is 29.6. The molecule has 2 saturated heterocycles. The van der Waals surface area contributed by atoms with Crippen LogP contribution in [-0.2, 0) is 18.9 Å². The standard InChI is InChI=1S/C20H38O4/c1-8-20(7,15(3)21-10-16-11-22-16)18(24-13-17-12-23-17)9-14(2)19(4,5)6/h14-18H,8-13H2,1-7H3. The SMILES string of the molecule is CCC(C)(C(C)OCC1CO1)C(CC(C)C(C)(C)C)OCC1CO1. The first kappa shape index (κ1) is 20.2. The largest absolute Gasteiger partial charge is 0.375 e. The topological polar surface area (TPSA) is 43.5 Å². The number of epoxide rings is 2. The lowest BCUT2D eigenvalue weighted by atomic mass is 9.70. The molecule has 0 spiro atoms. The Kier molecular flexibility index (Phi) is 6.74. The Morgan fingerprint density at radius 2 is 1.46 bits per heavy atom. The minimum absolute atomic E-state index is 0.0106.